The molecular formula is C52H104O2. The van der Waals surface area contributed by atoms with Crippen LogP contribution < -0.4 is 0 Å². The second-order valence-corrected chi connectivity index (χ2v) is 20.0. The smallest absolute Gasteiger partial charge is 0.311 e. The van der Waals surface area contributed by atoms with Crippen molar-refractivity contribution in [1.29, 1.82) is 0 Å². The SMILES string of the molecule is CCCCC(CC)COC(=O)C(C)(CC)CC(CC(CC)(CC)CC)(CC(CC)(CC)CC)CC(CC)(CC(CC)(CC)CC)CC(CC)(CC)CCC. The first-order valence-corrected chi connectivity index (χ1v) is 24.7. The van der Waals surface area contributed by atoms with Gasteiger partial charge in [-0.3, -0.25) is 4.79 Å². The van der Waals surface area contributed by atoms with Crippen LogP contribution in [-0.4, -0.2) is 12.6 Å². The van der Waals surface area contributed by atoms with Crippen molar-refractivity contribution in [2.75, 3.05) is 6.61 Å². The van der Waals surface area contributed by atoms with Gasteiger partial charge < -0.3 is 4.74 Å². The largest absolute Gasteiger partial charge is 0.465 e. The predicted octanol–water partition coefficient (Wildman–Crippen LogP) is 18.1. The summed E-state index contributed by atoms with van der Waals surface area (Å²) >= 11 is 0. The molecule has 54 heavy (non-hydrogen) atoms. The third-order valence-corrected chi connectivity index (χ3v) is 17.6. The van der Waals surface area contributed by atoms with Crippen LogP contribution >= 0.6 is 0 Å². The summed E-state index contributed by atoms with van der Waals surface area (Å²) < 4.78 is 6.51. The molecule has 0 bridgehead atoms. The highest BCUT2D eigenvalue weighted by Gasteiger charge is 2.54. The van der Waals surface area contributed by atoms with Crippen molar-refractivity contribution in [1.82, 2.24) is 0 Å². The molecule has 0 N–H and O–H groups in total. The third kappa shape index (κ3) is 14.4. The molecule has 3 unspecified atom stereocenters. The summed E-state index contributed by atoms with van der Waals surface area (Å²) in [7, 11) is 0. The van der Waals surface area contributed by atoms with Crippen LogP contribution in [0.2, 0.25) is 0 Å². The number of esters is 1. The summed E-state index contributed by atoms with van der Waals surface area (Å²) in [5.41, 5.74) is 1.04. The molecule has 0 aliphatic heterocycles. The quantitative estimate of drug-likeness (QED) is 0.0611. The van der Waals surface area contributed by atoms with E-state index in [1.54, 1.807) is 0 Å². The summed E-state index contributed by atoms with van der Waals surface area (Å²) in [5, 5.41) is 0. The molecule has 2 nitrogen and oxygen atoms in total. The van der Waals surface area contributed by atoms with Gasteiger partial charge >= 0.3 is 5.97 Å². The molecular weight excluding hydrogens is 657 g/mol. The number of unbranched alkanes of at least 4 members (excludes halogenated alkanes) is 1. The molecule has 0 aromatic heterocycles. The fourth-order valence-electron chi connectivity index (χ4n) is 12.2. The van der Waals surface area contributed by atoms with Gasteiger partial charge in [0.1, 0.15) is 0 Å². The molecule has 0 aliphatic rings. The Morgan fingerprint density at radius 1 is 0.426 bits per heavy atom. The van der Waals surface area contributed by atoms with Crippen LogP contribution in [0, 0.1) is 43.8 Å². The number of rotatable bonds is 34. The third-order valence-electron chi connectivity index (χ3n) is 17.6. The molecule has 0 aromatic carbocycles. The van der Waals surface area contributed by atoms with Gasteiger partial charge in [0.25, 0.3) is 0 Å². The second kappa shape index (κ2) is 25.1. The molecule has 0 saturated carbocycles. The van der Waals surface area contributed by atoms with Gasteiger partial charge in [-0.1, -0.05) is 214 Å². The van der Waals surface area contributed by atoms with Crippen molar-refractivity contribution in [2.24, 2.45) is 43.8 Å². The van der Waals surface area contributed by atoms with E-state index in [2.05, 4.69) is 118 Å². The number of ether oxygens (including phenoxy) is 1. The number of carbonyl (C=O) groups excluding carboxylic acids is 1. The minimum Gasteiger partial charge on any atom is -0.465 e. The molecule has 0 aromatic rings. The van der Waals surface area contributed by atoms with Gasteiger partial charge in [-0.2, -0.15) is 0 Å². The Morgan fingerprint density at radius 2 is 0.778 bits per heavy atom. The maximum Gasteiger partial charge on any atom is 0.311 e. The maximum absolute atomic E-state index is 14.8. The molecule has 3 atom stereocenters. The number of carbonyl (C=O) groups is 1. The van der Waals surface area contributed by atoms with Crippen LogP contribution in [0.1, 0.15) is 278 Å². The highest BCUT2D eigenvalue weighted by molar-refractivity contribution is 5.76. The van der Waals surface area contributed by atoms with Gasteiger partial charge in [0.15, 0.2) is 0 Å². The van der Waals surface area contributed by atoms with E-state index in [4.69, 9.17) is 4.74 Å². The van der Waals surface area contributed by atoms with Crippen molar-refractivity contribution in [3.63, 3.8) is 0 Å². The predicted molar refractivity (Wildman–Crippen MR) is 243 cm³/mol. The lowest BCUT2D eigenvalue weighted by Gasteiger charge is -2.57. The first-order valence-electron chi connectivity index (χ1n) is 24.7. The average molecular weight is 761 g/mol. The topological polar surface area (TPSA) is 26.3 Å². The van der Waals surface area contributed by atoms with E-state index in [0.29, 0.717) is 23.4 Å². The van der Waals surface area contributed by atoms with E-state index in [0.717, 1.165) is 25.7 Å². The summed E-state index contributed by atoms with van der Waals surface area (Å²) in [6.07, 6.45) is 30.3. The zero-order chi connectivity index (χ0) is 41.7. The van der Waals surface area contributed by atoms with E-state index in [-0.39, 0.29) is 27.6 Å². The molecule has 2 heteroatoms. The zero-order valence-corrected chi connectivity index (χ0v) is 40.8. The van der Waals surface area contributed by atoms with E-state index in [1.807, 2.05) is 0 Å². The fraction of sp³-hybridized carbons (Fsp3) is 0.981. The Balaban J connectivity index is 8.28. The van der Waals surface area contributed by atoms with Crippen molar-refractivity contribution in [3.05, 3.63) is 0 Å². The molecule has 0 amide bonds. The summed E-state index contributed by atoms with van der Waals surface area (Å²) in [4.78, 5) is 14.8. The van der Waals surface area contributed by atoms with E-state index in [9.17, 15) is 4.79 Å². The molecule has 0 spiro atoms. The molecule has 0 radical (unpaired) electrons. The minimum atomic E-state index is -0.502. The fourth-order valence-corrected chi connectivity index (χ4v) is 12.2. The summed E-state index contributed by atoms with van der Waals surface area (Å²) in [5.74, 6) is 0.553. The molecule has 0 heterocycles. The highest BCUT2D eigenvalue weighted by atomic mass is 16.5. The molecule has 324 valence electrons. The highest BCUT2D eigenvalue weighted by Crippen LogP contribution is 2.64. The van der Waals surface area contributed by atoms with E-state index < -0.39 is 5.41 Å². The standard InChI is InChI=1S/C52H104O2/c1-18-34-35-44(20-3)37-54-45(53)46(17,21-4)38-52(40-48(25-8,26-9)27-10,41-49(28-11,29-12)30-13)43-51(33-16,39-47(22-5,23-6)24-7)42-50(31-14,32-15)36-19-2/h44H,18-43H2,1-17H3. The number of hydrogen-bond acceptors (Lipinski definition) is 2. The second-order valence-electron chi connectivity index (χ2n) is 20.0. The normalized spacial score (nSPS) is 16.2. The van der Waals surface area contributed by atoms with Crippen molar-refractivity contribution in [3.8, 4) is 0 Å². The lowest BCUT2D eigenvalue weighted by atomic mass is 9.48. The lowest BCUT2D eigenvalue weighted by Crippen LogP contribution is -2.47. The molecule has 0 saturated heterocycles. The van der Waals surface area contributed by atoms with Crippen LogP contribution in [0.25, 0.3) is 0 Å². The lowest BCUT2D eigenvalue weighted by molar-refractivity contribution is -0.161. The Kier molecular flexibility index (Phi) is 24.8. The first-order chi connectivity index (χ1) is 25.5. The number of hydrogen-bond donors (Lipinski definition) is 0. The van der Waals surface area contributed by atoms with Crippen molar-refractivity contribution >= 4 is 5.97 Å². The monoisotopic (exact) mass is 761 g/mol. The van der Waals surface area contributed by atoms with Gasteiger partial charge in [0.2, 0.25) is 0 Å². The van der Waals surface area contributed by atoms with Crippen LogP contribution in [-0.2, 0) is 9.53 Å². The summed E-state index contributed by atoms with van der Waals surface area (Å²) in [6.45, 7) is 42.1. The van der Waals surface area contributed by atoms with Gasteiger partial charge in [-0.15, -0.1) is 0 Å². The van der Waals surface area contributed by atoms with Crippen molar-refractivity contribution < 1.29 is 9.53 Å². The van der Waals surface area contributed by atoms with Gasteiger partial charge in [-0.25, -0.2) is 0 Å². The Hall–Kier alpha value is -0.530. The van der Waals surface area contributed by atoms with E-state index in [1.165, 1.54) is 135 Å². The average Bonchev–Trinajstić information content (AvgIpc) is 3.20. The Labute approximate surface area is 343 Å². The van der Waals surface area contributed by atoms with Gasteiger partial charge in [0, 0.05) is 0 Å². The molecule has 0 rings (SSSR count). The maximum atomic E-state index is 14.8. The molecule has 0 fully saturated rings. The van der Waals surface area contributed by atoms with Gasteiger partial charge in [-0.05, 0) is 103 Å². The summed E-state index contributed by atoms with van der Waals surface area (Å²) in [6, 6.07) is 0. The Morgan fingerprint density at radius 3 is 1.09 bits per heavy atom. The zero-order valence-electron chi connectivity index (χ0n) is 40.8. The van der Waals surface area contributed by atoms with Gasteiger partial charge in [0.05, 0.1) is 12.0 Å². The van der Waals surface area contributed by atoms with Crippen LogP contribution in [0.4, 0.5) is 0 Å². The van der Waals surface area contributed by atoms with E-state index >= 15 is 0 Å². The first kappa shape index (κ1) is 53.5. The Bertz CT molecular complexity index is 916. The molecule has 0 aliphatic carbocycles. The van der Waals surface area contributed by atoms with Crippen LogP contribution in [0.15, 0.2) is 0 Å². The van der Waals surface area contributed by atoms with Crippen LogP contribution in [0.3, 0.4) is 0 Å². The van der Waals surface area contributed by atoms with Crippen molar-refractivity contribution in [2.45, 2.75) is 278 Å². The minimum absolute atomic E-state index is 0.0383. The van der Waals surface area contributed by atoms with Crippen LogP contribution in [0.5, 0.6) is 0 Å².